The molecule has 11 nitrogen and oxygen atoms in total. The molecule has 4 aliphatic heterocycles. The molecular formula is C32H36FN7O4S. The first-order valence-electron chi connectivity index (χ1n) is 15.7. The number of carboxylic acid groups (broad SMARTS) is 1. The van der Waals surface area contributed by atoms with Gasteiger partial charge in [-0.1, -0.05) is 12.1 Å². The fourth-order valence-corrected chi connectivity index (χ4v) is 9.19. The van der Waals surface area contributed by atoms with Crippen LogP contribution in [0.25, 0.3) is 0 Å². The van der Waals surface area contributed by atoms with Gasteiger partial charge in [-0.15, -0.1) is 11.3 Å². The summed E-state index contributed by atoms with van der Waals surface area (Å²) < 4.78 is 14.6. The maximum Gasteiger partial charge on any atom is 0.335 e. The van der Waals surface area contributed by atoms with Crippen molar-refractivity contribution in [2.75, 3.05) is 45.8 Å². The lowest BCUT2D eigenvalue weighted by molar-refractivity contribution is -0.212. The molecule has 2 N–H and O–H groups in total. The van der Waals surface area contributed by atoms with Crippen molar-refractivity contribution in [3.63, 3.8) is 0 Å². The third kappa shape index (κ3) is 4.41. The molecule has 45 heavy (non-hydrogen) atoms. The number of halogens is 1. The molecule has 3 saturated heterocycles. The Kier molecular flexibility index (Phi) is 6.58. The smallest absolute Gasteiger partial charge is 0.335 e. The van der Waals surface area contributed by atoms with Gasteiger partial charge in [-0.3, -0.25) is 14.7 Å². The number of thiazole rings is 1. The number of fused-ring (bicyclic) bond motifs is 1. The number of aliphatic imine (C=N–C) groups is 1. The second-order valence-electron chi connectivity index (χ2n) is 13.5. The molecule has 0 radical (unpaired) electrons. The van der Waals surface area contributed by atoms with Crippen molar-refractivity contribution in [1.29, 1.82) is 0 Å². The van der Waals surface area contributed by atoms with Gasteiger partial charge in [-0.25, -0.2) is 19.0 Å². The molecule has 7 aliphatic rings. The number of likely N-dealkylation sites (tertiary alicyclic amines) is 1. The number of hydrogen-bond donors (Lipinski definition) is 2. The number of carboxylic acids is 1. The Hall–Kier alpha value is -3.84. The Labute approximate surface area is 264 Å². The van der Waals surface area contributed by atoms with Crippen LogP contribution in [-0.2, 0) is 9.59 Å². The SMILES string of the molecule is Cc1c(F)cccc1[C@@H]1N=C(c2nccs2)NC(CN2CCN3C(=O)N(C45CC(C(=O)N6CCCC6)(C4)C5)CC3C2)=C1C(=O)O. The summed E-state index contributed by atoms with van der Waals surface area (Å²) >= 11 is 1.39. The molecule has 3 saturated carbocycles. The number of rotatable bonds is 7. The van der Waals surface area contributed by atoms with E-state index in [0.717, 1.165) is 45.2 Å². The highest BCUT2D eigenvalue weighted by Crippen LogP contribution is 2.71. The summed E-state index contributed by atoms with van der Waals surface area (Å²) in [5, 5.41) is 16.2. The van der Waals surface area contributed by atoms with Gasteiger partial charge in [-0.05, 0) is 56.2 Å². The lowest BCUT2D eigenvalue weighted by atomic mass is 9.38. The number of urea groups is 1. The van der Waals surface area contributed by atoms with Gasteiger partial charge < -0.3 is 25.1 Å². The van der Waals surface area contributed by atoms with Crippen LogP contribution in [-0.4, -0.2) is 111 Å². The Morgan fingerprint density at radius 2 is 1.91 bits per heavy atom. The molecule has 9 rings (SSSR count). The largest absolute Gasteiger partial charge is 0.478 e. The van der Waals surface area contributed by atoms with E-state index in [-0.39, 0.29) is 34.5 Å². The van der Waals surface area contributed by atoms with Crippen molar-refractivity contribution in [2.45, 2.75) is 56.7 Å². The van der Waals surface area contributed by atoms with Crippen LogP contribution in [0.3, 0.4) is 0 Å². The summed E-state index contributed by atoms with van der Waals surface area (Å²) in [5.41, 5.74) is 0.972. The summed E-state index contributed by atoms with van der Waals surface area (Å²) in [6.45, 7) is 6.01. The quantitative estimate of drug-likeness (QED) is 0.481. The second kappa shape index (κ2) is 10.3. The van der Waals surface area contributed by atoms with Gasteiger partial charge in [0.05, 0.1) is 17.0 Å². The van der Waals surface area contributed by atoms with Crippen molar-refractivity contribution >= 4 is 35.1 Å². The Morgan fingerprint density at radius 3 is 2.62 bits per heavy atom. The van der Waals surface area contributed by atoms with Crippen LogP contribution < -0.4 is 5.32 Å². The van der Waals surface area contributed by atoms with Gasteiger partial charge in [0, 0.05) is 68.6 Å². The van der Waals surface area contributed by atoms with E-state index in [1.165, 1.54) is 17.4 Å². The third-order valence-electron chi connectivity index (χ3n) is 10.8. The Morgan fingerprint density at radius 1 is 1.13 bits per heavy atom. The average Bonchev–Trinajstić information content (AvgIpc) is 3.76. The number of amides is 3. The number of nitrogens with one attached hydrogen (secondary N) is 1. The minimum atomic E-state index is -1.12. The second-order valence-corrected chi connectivity index (χ2v) is 14.4. The fourth-order valence-electron chi connectivity index (χ4n) is 8.60. The molecule has 1 unspecified atom stereocenters. The topological polar surface area (TPSA) is 122 Å². The Bertz CT molecular complexity index is 1630. The van der Waals surface area contributed by atoms with Gasteiger partial charge in [-0.2, -0.15) is 0 Å². The molecule has 6 fully saturated rings. The molecular weight excluding hydrogens is 597 g/mol. The van der Waals surface area contributed by atoms with E-state index in [2.05, 4.69) is 15.2 Å². The molecule has 1 aromatic heterocycles. The first kappa shape index (κ1) is 28.6. The Balaban J connectivity index is 1.01. The van der Waals surface area contributed by atoms with Crippen molar-refractivity contribution in [3.05, 3.63) is 63.0 Å². The standard InChI is InChI=1S/C32H36FN7O4S/c1-19-21(5-4-6-22(19)33)25-24(28(41)42)23(35-26(36-25)27-34-7-12-45-27)15-37-10-11-39-20(13-37)14-40(30(39)44)32-16-31(17-32,18-32)29(43)38-8-2-3-9-38/h4-7,12,20,25H,2-3,8-11,13-18H2,1H3,(H,35,36)(H,41,42)/t20?,25-,31?,32?/m0/s1. The van der Waals surface area contributed by atoms with Crippen LogP contribution in [0.5, 0.6) is 0 Å². The van der Waals surface area contributed by atoms with E-state index < -0.39 is 17.8 Å². The minimum absolute atomic E-state index is 0.0173. The average molecular weight is 634 g/mol. The zero-order valence-electron chi connectivity index (χ0n) is 25.2. The lowest BCUT2D eigenvalue weighted by Crippen LogP contribution is -2.78. The third-order valence-corrected chi connectivity index (χ3v) is 11.6. The number of aromatic nitrogens is 1. The summed E-state index contributed by atoms with van der Waals surface area (Å²) in [7, 11) is 0. The molecule has 3 aliphatic carbocycles. The van der Waals surface area contributed by atoms with Crippen LogP contribution in [0.2, 0.25) is 0 Å². The molecule has 2 aromatic rings. The van der Waals surface area contributed by atoms with Gasteiger partial charge in [0.1, 0.15) is 11.9 Å². The highest BCUT2D eigenvalue weighted by atomic mass is 32.1. The van der Waals surface area contributed by atoms with Crippen LogP contribution in [0.1, 0.15) is 54.3 Å². The number of piperazine rings is 1. The van der Waals surface area contributed by atoms with E-state index in [9.17, 15) is 23.9 Å². The number of hydrogen-bond acceptors (Lipinski definition) is 8. The monoisotopic (exact) mass is 633 g/mol. The van der Waals surface area contributed by atoms with Gasteiger partial charge in [0.2, 0.25) is 5.91 Å². The number of carbonyl (C=O) groups excluding carboxylic acids is 2. The molecule has 236 valence electrons. The molecule has 2 bridgehead atoms. The summed E-state index contributed by atoms with van der Waals surface area (Å²) in [6, 6.07) is 3.80. The molecule has 2 atom stereocenters. The highest BCUT2D eigenvalue weighted by Gasteiger charge is 2.76. The van der Waals surface area contributed by atoms with Crippen molar-refractivity contribution in [2.24, 2.45) is 10.4 Å². The van der Waals surface area contributed by atoms with E-state index >= 15 is 0 Å². The predicted molar refractivity (Wildman–Crippen MR) is 164 cm³/mol. The highest BCUT2D eigenvalue weighted by molar-refractivity contribution is 7.11. The molecule has 5 heterocycles. The maximum absolute atomic E-state index is 14.6. The number of benzene rings is 1. The van der Waals surface area contributed by atoms with Crippen molar-refractivity contribution in [1.82, 2.24) is 29.9 Å². The number of nitrogens with zero attached hydrogens (tertiary/aromatic N) is 6. The molecule has 3 amide bonds. The van der Waals surface area contributed by atoms with E-state index in [1.807, 2.05) is 20.1 Å². The molecule has 1 aromatic carbocycles. The maximum atomic E-state index is 14.6. The van der Waals surface area contributed by atoms with Crippen molar-refractivity contribution < 1.29 is 23.9 Å². The number of amidine groups is 1. The van der Waals surface area contributed by atoms with E-state index in [1.54, 1.807) is 25.3 Å². The fraction of sp³-hybridized carbons (Fsp3) is 0.531. The van der Waals surface area contributed by atoms with Crippen molar-refractivity contribution in [3.8, 4) is 0 Å². The minimum Gasteiger partial charge on any atom is -0.478 e. The van der Waals surface area contributed by atoms with Crippen LogP contribution in [0.4, 0.5) is 9.18 Å². The van der Waals surface area contributed by atoms with E-state index in [4.69, 9.17) is 4.99 Å². The van der Waals surface area contributed by atoms with Gasteiger partial charge in [0.15, 0.2) is 10.8 Å². The van der Waals surface area contributed by atoms with Crippen LogP contribution >= 0.6 is 11.3 Å². The van der Waals surface area contributed by atoms with Crippen LogP contribution in [0.15, 0.2) is 46.0 Å². The zero-order valence-corrected chi connectivity index (χ0v) is 26.0. The summed E-state index contributed by atoms with van der Waals surface area (Å²) in [4.78, 5) is 56.8. The normalized spacial score (nSPS) is 30.9. The summed E-state index contributed by atoms with van der Waals surface area (Å²) in [5.74, 6) is -0.784. The predicted octanol–water partition coefficient (Wildman–Crippen LogP) is 2.99. The number of carbonyl (C=O) groups is 3. The zero-order chi connectivity index (χ0) is 31.1. The number of aliphatic carboxylic acids is 1. The van der Waals surface area contributed by atoms with E-state index in [0.29, 0.717) is 60.4 Å². The molecule has 0 spiro atoms. The van der Waals surface area contributed by atoms with Gasteiger partial charge in [0.25, 0.3) is 0 Å². The molecule has 13 heteroatoms. The lowest BCUT2D eigenvalue weighted by Gasteiger charge is -2.72. The van der Waals surface area contributed by atoms with Crippen LogP contribution in [0, 0.1) is 18.2 Å². The first-order valence-corrected chi connectivity index (χ1v) is 16.6. The first-order chi connectivity index (χ1) is 21.7. The van der Waals surface area contributed by atoms with Gasteiger partial charge >= 0.3 is 12.0 Å². The summed E-state index contributed by atoms with van der Waals surface area (Å²) in [6.07, 6.45) is 6.13.